The minimum Gasteiger partial charge on any atom is -0.310 e. The molecule has 0 spiro atoms. The standard InChI is InChI=1S/C18H20F3N5O2S/c1-4-29(27,28)15-13-6-5-10(2)9-26(13)24-14(15)17-23-12-7-11(18(19,20)21)8-22-16(12)25(17)3/h7-8,10H,4-6,9H2,1-3H3. The van der Waals surface area contributed by atoms with E-state index in [0.717, 1.165) is 18.7 Å². The van der Waals surface area contributed by atoms with Gasteiger partial charge in [0, 0.05) is 19.8 Å². The van der Waals surface area contributed by atoms with Crippen molar-refractivity contribution < 1.29 is 21.6 Å². The van der Waals surface area contributed by atoms with E-state index in [1.807, 2.05) is 0 Å². The zero-order chi connectivity index (χ0) is 21.1. The highest BCUT2D eigenvalue weighted by atomic mass is 32.2. The van der Waals surface area contributed by atoms with E-state index in [4.69, 9.17) is 0 Å². The Hall–Kier alpha value is -2.43. The highest BCUT2D eigenvalue weighted by Crippen LogP contribution is 2.36. The smallest absolute Gasteiger partial charge is 0.310 e. The number of hydrogen-bond donors (Lipinski definition) is 0. The van der Waals surface area contributed by atoms with Gasteiger partial charge in [-0.05, 0) is 24.8 Å². The second kappa shape index (κ2) is 6.54. The number of aromatic nitrogens is 5. The van der Waals surface area contributed by atoms with E-state index in [9.17, 15) is 21.6 Å². The largest absolute Gasteiger partial charge is 0.417 e. The Morgan fingerprint density at radius 2 is 2.03 bits per heavy atom. The molecule has 4 rings (SSSR count). The summed E-state index contributed by atoms with van der Waals surface area (Å²) < 4.78 is 68.0. The molecule has 3 aromatic rings. The van der Waals surface area contributed by atoms with Crippen LogP contribution in [0, 0.1) is 5.92 Å². The first kappa shape index (κ1) is 19.9. The number of nitrogens with zero attached hydrogens (tertiary/aromatic N) is 5. The summed E-state index contributed by atoms with van der Waals surface area (Å²) in [4.78, 5) is 8.31. The first-order valence-corrected chi connectivity index (χ1v) is 10.9. The summed E-state index contributed by atoms with van der Waals surface area (Å²) in [6.07, 6.45) is -2.38. The minimum absolute atomic E-state index is 0.0384. The highest BCUT2D eigenvalue weighted by Gasteiger charge is 2.34. The number of rotatable bonds is 3. The van der Waals surface area contributed by atoms with Gasteiger partial charge in [0.05, 0.1) is 17.0 Å². The number of alkyl halides is 3. The Kier molecular flexibility index (Phi) is 4.48. The second-order valence-corrected chi connectivity index (χ2v) is 9.63. The maximum atomic E-state index is 13.0. The van der Waals surface area contributed by atoms with E-state index < -0.39 is 21.6 Å². The fourth-order valence-corrected chi connectivity index (χ4v) is 4.99. The summed E-state index contributed by atoms with van der Waals surface area (Å²) in [6, 6.07) is 0.915. The lowest BCUT2D eigenvalue weighted by molar-refractivity contribution is -0.137. The SMILES string of the molecule is CCS(=O)(=O)c1c(-c2nc3cc(C(F)(F)F)cnc3n2C)nn2c1CCC(C)C2. The number of pyridine rings is 1. The maximum Gasteiger partial charge on any atom is 0.417 e. The molecular formula is C18H20F3N5O2S. The molecule has 1 atom stereocenters. The van der Waals surface area contributed by atoms with Gasteiger partial charge >= 0.3 is 6.18 Å². The molecule has 0 amide bonds. The van der Waals surface area contributed by atoms with E-state index in [-0.39, 0.29) is 33.3 Å². The van der Waals surface area contributed by atoms with Gasteiger partial charge in [-0.3, -0.25) is 4.68 Å². The van der Waals surface area contributed by atoms with Crippen LogP contribution in [0.25, 0.3) is 22.7 Å². The molecule has 29 heavy (non-hydrogen) atoms. The summed E-state index contributed by atoms with van der Waals surface area (Å²) in [5.74, 6) is 0.437. The number of aryl methyl sites for hydroxylation is 1. The van der Waals surface area contributed by atoms with Gasteiger partial charge in [0.2, 0.25) is 0 Å². The molecular weight excluding hydrogens is 407 g/mol. The van der Waals surface area contributed by atoms with Gasteiger partial charge in [0.25, 0.3) is 0 Å². The van der Waals surface area contributed by atoms with Crippen molar-refractivity contribution in [3.8, 4) is 11.5 Å². The Labute approximate surface area is 165 Å². The van der Waals surface area contributed by atoms with E-state index in [0.29, 0.717) is 24.6 Å². The van der Waals surface area contributed by atoms with Crippen molar-refractivity contribution in [2.75, 3.05) is 5.75 Å². The van der Waals surface area contributed by atoms with Gasteiger partial charge in [-0.2, -0.15) is 18.3 Å². The van der Waals surface area contributed by atoms with Crippen LogP contribution in [0.15, 0.2) is 17.2 Å². The van der Waals surface area contributed by atoms with E-state index >= 15 is 0 Å². The lowest BCUT2D eigenvalue weighted by Gasteiger charge is -2.20. The quantitative estimate of drug-likeness (QED) is 0.641. The monoisotopic (exact) mass is 427 g/mol. The number of halogens is 3. The molecule has 0 saturated carbocycles. The Balaban J connectivity index is 1.97. The first-order chi connectivity index (χ1) is 13.5. The molecule has 0 aromatic carbocycles. The predicted octanol–water partition coefficient (Wildman–Crippen LogP) is 3.23. The van der Waals surface area contributed by atoms with Crippen molar-refractivity contribution in [2.45, 2.75) is 44.3 Å². The number of fused-ring (bicyclic) bond motifs is 2. The molecule has 0 fully saturated rings. The number of hydrogen-bond acceptors (Lipinski definition) is 5. The second-order valence-electron chi connectivity index (χ2n) is 7.41. The normalized spacial score (nSPS) is 17.7. The van der Waals surface area contributed by atoms with Gasteiger partial charge in [0.15, 0.2) is 21.3 Å². The van der Waals surface area contributed by atoms with E-state index in [2.05, 4.69) is 22.0 Å². The van der Waals surface area contributed by atoms with E-state index in [1.165, 1.54) is 4.57 Å². The van der Waals surface area contributed by atoms with Crippen molar-refractivity contribution in [3.05, 3.63) is 23.5 Å². The van der Waals surface area contributed by atoms with Gasteiger partial charge in [-0.25, -0.2) is 18.4 Å². The summed E-state index contributed by atoms with van der Waals surface area (Å²) in [6.45, 7) is 4.21. The van der Waals surface area contributed by atoms with Crippen molar-refractivity contribution in [3.63, 3.8) is 0 Å². The molecule has 1 aliphatic rings. The molecule has 1 aliphatic heterocycles. The van der Waals surface area contributed by atoms with Crippen LogP contribution in [0.3, 0.4) is 0 Å². The fourth-order valence-electron chi connectivity index (χ4n) is 3.70. The van der Waals surface area contributed by atoms with Gasteiger partial charge in [-0.1, -0.05) is 13.8 Å². The molecule has 0 aliphatic carbocycles. The average Bonchev–Trinajstić information content (AvgIpc) is 3.18. The van der Waals surface area contributed by atoms with Crippen LogP contribution in [0.4, 0.5) is 13.2 Å². The lowest BCUT2D eigenvalue weighted by Crippen LogP contribution is -2.20. The third-order valence-electron chi connectivity index (χ3n) is 5.31. The van der Waals surface area contributed by atoms with Crippen LogP contribution in [-0.4, -0.2) is 38.5 Å². The predicted molar refractivity (Wildman–Crippen MR) is 99.9 cm³/mol. The Bertz CT molecular complexity index is 1210. The topological polar surface area (TPSA) is 82.7 Å². The molecule has 0 bridgehead atoms. The molecule has 156 valence electrons. The summed E-state index contributed by atoms with van der Waals surface area (Å²) in [7, 11) is -2.02. The minimum atomic E-state index is -4.54. The Morgan fingerprint density at radius 3 is 2.69 bits per heavy atom. The molecule has 4 heterocycles. The zero-order valence-electron chi connectivity index (χ0n) is 16.2. The average molecular weight is 427 g/mol. The van der Waals surface area contributed by atoms with Crippen molar-refractivity contribution in [1.29, 1.82) is 0 Å². The lowest BCUT2D eigenvalue weighted by atomic mass is 10.0. The molecule has 0 radical (unpaired) electrons. The van der Waals surface area contributed by atoms with Crippen LogP contribution in [0.2, 0.25) is 0 Å². The molecule has 0 N–H and O–H groups in total. The molecule has 3 aromatic heterocycles. The number of sulfone groups is 1. The summed E-state index contributed by atoms with van der Waals surface area (Å²) in [5, 5.41) is 4.52. The maximum absolute atomic E-state index is 13.0. The molecule has 1 unspecified atom stereocenters. The summed E-state index contributed by atoms with van der Waals surface area (Å²) >= 11 is 0. The van der Waals surface area contributed by atoms with Gasteiger partial charge in [-0.15, -0.1) is 0 Å². The first-order valence-electron chi connectivity index (χ1n) is 9.25. The van der Waals surface area contributed by atoms with Crippen LogP contribution >= 0.6 is 0 Å². The van der Waals surface area contributed by atoms with Crippen LogP contribution in [0.5, 0.6) is 0 Å². The van der Waals surface area contributed by atoms with Crippen molar-refractivity contribution in [1.82, 2.24) is 24.3 Å². The van der Waals surface area contributed by atoms with E-state index in [1.54, 1.807) is 18.7 Å². The van der Waals surface area contributed by atoms with Crippen LogP contribution in [-0.2, 0) is 36.0 Å². The van der Waals surface area contributed by atoms with Crippen LogP contribution in [0.1, 0.15) is 31.5 Å². The van der Waals surface area contributed by atoms with Crippen LogP contribution < -0.4 is 0 Å². The molecule has 11 heteroatoms. The number of imidazole rings is 1. The highest BCUT2D eigenvalue weighted by molar-refractivity contribution is 7.91. The van der Waals surface area contributed by atoms with Gasteiger partial charge in [0.1, 0.15) is 16.1 Å². The van der Waals surface area contributed by atoms with Crippen molar-refractivity contribution >= 4 is 21.0 Å². The third-order valence-corrected chi connectivity index (χ3v) is 7.12. The third kappa shape index (κ3) is 3.21. The Morgan fingerprint density at radius 1 is 1.31 bits per heavy atom. The molecule has 0 saturated heterocycles. The zero-order valence-corrected chi connectivity index (χ0v) is 17.0. The fraction of sp³-hybridized carbons (Fsp3) is 0.500. The molecule has 7 nitrogen and oxygen atoms in total. The summed E-state index contributed by atoms with van der Waals surface area (Å²) in [5.41, 5.74) is 0.165. The van der Waals surface area contributed by atoms with Crippen molar-refractivity contribution in [2.24, 2.45) is 13.0 Å². The van der Waals surface area contributed by atoms with Gasteiger partial charge < -0.3 is 4.57 Å².